The van der Waals surface area contributed by atoms with Gasteiger partial charge in [-0.15, -0.1) is 0 Å². The van der Waals surface area contributed by atoms with Crippen LogP contribution in [0.4, 0.5) is 0 Å². The SMILES string of the molecule is CCCC(C)C(NCC)c1cnc2ccccc2n1. The Morgan fingerprint density at radius 3 is 2.58 bits per heavy atom. The number of nitrogens with zero attached hydrogens (tertiary/aromatic N) is 2. The van der Waals surface area contributed by atoms with Gasteiger partial charge in [0.15, 0.2) is 0 Å². The van der Waals surface area contributed by atoms with Crippen molar-refractivity contribution < 1.29 is 0 Å². The van der Waals surface area contributed by atoms with Gasteiger partial charge in [-0.25, -0.2) is 4.98 Å². The van der Waals surface area contributed by atoms with Crippen LogP contribution in [0.3, 0.4) is 0 Å². The zero-order valence-corrected chi connectivity index (χ0v) is 12.1. The maximum Gasteiger partial charge on any atom is 0.0890 e. The predicted molar refractivity (Wildman–Crippen MR) is 80.0 cm³/mol. The van der Waals surface area contributed by atoms with Crippen LogP contribution in [0.15, 0.2) is 30.5 Å². The van der Waals surface area contributed by atoms with Gasteiger partial charge in [0.25, 0.3) is 0 Å². The molecule has 0 bridgehead atoms. The van der Waals surface area contributed by atoms with E-state index in [9.17, 15) is 0 Å². The Bertz CT molecular complexity index is 524. The van der Waals surface area contributed by atoms with Gasteiger partial charge in [-0.1, -0.05) is 39.3 Å². The lowest BCUT2D eigenvalue weighted by Gasteiger charge is -2.24. The summed E-state index contributed by atoms with van der Waals surface area (Å²) in [7, 11) is 0. The molecule has 0 saturated heterocycles. The van der Waals surface area contributed by atoms with Crippen molar-refractivity contribution in [1.29, 1.82) is 0 Å². The van der Waals surface area contributed by atoms with Crippen LogP contribution in [0.2, 0.25) is 0 Å². The first-order valence-electron chi connectivity index (χ1n) is 7.21. The summed E-state index contributed by atoms with van der Waals surface area (Å²) in [6, 6.07) is 8.34. The third-order valence-corrected chi connectivity index (χ3v) is 3.52. The van der Waals surface area contributed by atoms with Crippen LogP contribution >= 0.6 is 0 Å². The molecule has 19 heavy (non-hydrogen) atoms. The second kappa shape index (κ2) is 6.62. The van der Waals surface area contributed by atoms with Gasteiger partial charge in [0, 0.05) is 0 Å². The second-order valence-electron chi connectivity index (χ2n) is 5.08. The minimum atomic E-state index is 0.294. The van der Waals surface area contributed by atoms with Gasteiger partial charge in [-0.2, -0.15) is 0 Å². The van der Waals surface area contributed by atoms with Gasteiger partial charge in [0.2, 0.25) is 0 Å². The highest BCUT2D eigenvalue weighted by Crippen LogP contribution is 2.24. The van der Waals surface area contributed by atoms with E-state index in [1.165, 1.54) is 12.8 Å². The molecule has 102 valence electrons. The molecule has 1 heterocycles. The lowest BCUT2D eigenvalue weighted by atomic mass is 9.94. The highest BCUT2D eigenvalue weighted by atomic mass is 15.0. The van der Waals surface area contributed by atoms with Gasteiger partial charge in [0.1, 0.15) is 0 Å². The molecule has 3 heteroatoms. The normalized spacial score (nSPS) is 14.5. The van der Waals surface area contributed by atoms with Crippen LogP contribution in [0.5, 0.6) is 0 Å². The van der Waals surface area contributed by atoms with Gasteiger partial charge in [-0.3, -0.25) is 4.98 Å². The lowest BCUT2D eigenvalue weighted by molar-refractivity contribution is 0.362. The quantitative estimate of drug-likeness (QED) is 0.857. The van der Waals surface area contributed by atoms with Crippen molar-refractivity contribution >= 4 is 11.0 Å². The van der Waals surface area contributed by atoms with Crippen LogP contribution < -0.4 is 5.32 Å². The van der Waals surface area contributed by atoms with Crippen LogP contribution in [0.25, 0.3) is 11.0 Å². The van der Waals surface area contributed by atoms with E-state index in [4.69, 9.17) is 4.98 Å². The smallest absolute Gasteiger partial charge is 0.0890 e. The number of aromatic nitrogens is 2. The fraction of sp³-hybridized carbons (Fsp3) is 0.500. The summed E-state index contributed by atoms with van der Waals surface area (Å²) >= 11 is 0. The zero-order valence-electron chi connectivity index (χ0n) is 12.1. The molecule has 2 unspecified atom stereocenters. The summed E-state index contributed by atoms with van der Waals surface area (Å²) < 4.78 is 0. The predicted octanol–water partition coefficient (Wildman–Crippen LogP) is 3.72. The number of rotatable bonds is 6. The summed E-state index contributed by atoms with van der Waals surface area (Å²) in [5.41, 5.74) is 3.00. The molecule has 0 fully saturated rings. The molecule has 2 atom stereocenters. The fourth-order valence-corrected chi connectivity index (χ4v) is 2.56. The molecule has 1 aromatic carbocycles. The summed E-state index contributed by atoms with van der Waals surface area (Å²) in [6.07, 6.45) is 4.32. The van der Waals surface area contributed by atoms with Crippen LogP contribution in [-0.2, 0) is 0 Å². The van der Waals surface area contributed by atoms with Gasteiger partial charge in [0.05, 0.1) is 29.0 Å². The number of para-hydroxylation sites is 2. The molecule has 0 aliphatic carbocycles. The van der Waals surface area contributed by atoms with Gasteiger partial charge in [-0.05, 0) is 31.0 Å². The maximum atomic E-state index is 4.77. The number of hydrogen-bond acceptors (Lipinski definition) is 3. The molecule has 1 N–H and O–H groups in total. The Kier molecular flexibility index (Phi) is 4.86. The Hall–Kier alpha value is -1.48. The van der Waals surface area contributed by atoms with Crippen molar-refractivity contribution in [2.75, 3.05) is 6.54 Å². The van der Waals surface area contributed by atoms with Crippen molar-refractivity contribution in [3.8, 4) is 0 Å². The molecular weight excluding hydrogens is 234 g/mol. The largest absolute Gasteiger partial charge is 0.309 e. The van der Waals surface area contributed by atoms with Crippen molar-refractivity contribution in [1.82, 2.24) is 15.3 Å². The van der Waals surface area contributed by atoms with E-state index in [1.54, 1.807) is 0 Å². The van der Waals surface area contributed by atoms with Gasteiger partial charge < -0.3 is 5.32 Å². The topological polar surface area (TPSA) is 37.8 Å². The molecule has 0 amide bonds. The third kappa shape index (κ3) is 3.29. The number of benzene rings is 1. The van der Waals surface area contributed by atoms with Crippen molar-refractivity contribution in [2.45, 2.75) is 39.7 Å². The molecule has 2 rings (SSSR count). The second-order valence-corrected chi connectivity index (χ2v) is 5.08. The summed E-state index contributed by atoms with van der Waals surface area (Å²) in [5.74, 6) is 0.570. The van der Waals surface area contributed by atoms with E-state index >= 15 is 0 Å². The minimum absolute atomic E-state index is 0.294. The molecular formula is C16H23N3. The zero-order chi connectivity index (χ0) is 13.7. The average Bonchev–Trinajstić information content (AvgIpc) is 2.44. The first-order chi connectivity index (χ1) is 9.26. The fourth-order valence-electron chi connectivity index (χ4n) is 2.56. The highest BCUT2D eigenvalue weighted by Gasteiger charge is 2.19. The summed E-state index contributed by atoms with van der Waals surface area (Å²) in [5, 5.41) is 3.55. The Morgan fingerprint density at radius 1 is 1.16 bits per heavy atom. The van der Waals surface area contributed by atoms with E-state index < -0.39 is 0 Å². The molecule has 0 radical (unpaired) electrons. The maximum absolute atomic E-state index is 4.77. The van der Waals surface area contributed by atoms with Crippen LogP contribution in [0, 0.1) is 5.92 Å². The first kappa shape index (κ1) is 13.9. The molecule has 2 aromatic rings. The van der Waals surface area contributed by atoms with E-state index in [1.807, 2.05) is 30.5 Å². The average molecular weight is 257 g/mol. The van der Waals surface area contributed by atoms with E-state index in [2.05, 4.69) is 31.1 Å². The monoisotopic (exact) mass is 257 g/mol. The lowest BCUT2D eigenvalue weighted by Crippen LogP contribution is -2.27. The van der Waals surface area contributed by atoms with Crippen LogP contribution in [-0.4, -0.2) is 16.5 Å². The molecule has 1 aromatic heterocycles. The molecule has 3 nitrogen and oxygen atoms in total. The minimum Gasteiger partial charge on any atom is -0.309 e. The summed E-state index contributed by atoms with van der Waals surface area (Å²) in [4.78, 5) is 9.30. The van der Waals surface area contributed by atoms with Crippen LogP contribution in [0.1, 0.15) is 45.3 Å². The molecule has 0 spiro atoms. The Labute approximate surface area is 115 Å². The van der Waals surface area contributed by atoms with Gasteiger partial charge >= 0.3 is 0 Å². The molecule has 0 aliphatic heterocycles. The van der Waals surface area contributed by atoms with E-state index in [0.29, 0.717) is 12.0 Å². The first-order valence-corrected chi connectivity index (χ1v) is 7.21. The standard InChI is InChI=1S/C16H23N3/c1-4-8-12(3)16(17-5-2)15-11-18-13-9-6-7-10-14(13)19-15/h6-7,9-12,16-17H,4-5,8H2,1-3H3. The number of nitrogens with one attached hydrogen (secondary N) is 1. The summed E-state index contributed by atoms with van der Waals surface area (Å²) in [6.45, 7) is 7.60. The van der Waals surface area contributed by atoms with Crippen molar-refractivity contribution in [3.63, 3.8) is 0 Å². The van der Waals surface area contributed by atoms with Crippen molar-refractivity contribution in [3.05, 3.63) is 36.2 Å². The molecule has 0 saturated carbocycles. The highest BCUT2D eigenvalue weighted by molar-refractivity contribution is 5.73. The van der Waals surface area contributed by atoms with E-state index in [-0.39, 0.29) is 0 Å². The Morgan fingerprint density at radius 2 is 1.89 bits per heavy atom. The Balaban J connectivity index is 2.32. The number of hydrogen-bond donors (Lipinski definition) is 1. The van der Waals surface area contributed by atoms with E-state index in [0.717, 1.165) is 23.3 Å². The molecule has 0 aliphatic rings. The third-order valence-electron chi connectivity index (χ3n) is 3.52. The number of fused-ring (bicyclic) bond motifs is 1. The van der Waals surface area contributed by atoms with Crippen molar-refractivity contribution in [2.24, 2.45) is 5.92 Å².